The minimum atomic E-state index is -0.123. The molecular weight excluding hydrogens is 234 g/mol. The fourth-order valence-corrected chi connectivity index (χ4v) is 2.87. The van der Waals surface area contributed by atoms with Crippen LogP contribution in [0.2, 0.25) is 0 Å². The first-order chi connectivity index (χ1) is 9.24. The summed E-state index contributed by atoms with van der Waals surface area (Å²) in [6.07, 6.45) is 0.968. The van der Waals surface area contributed by atoms with Crippen molar-refractivity contribution in [2.75, 3.05) is 18.1 Å². The van der Waals surface area contributed by atoms with E-state index < -0.39 is 0 Å². The molecule has 19 heavy (non-hydrogen) atoms. The minimum absolute atomic E-state index is 0.123. The number of nitrogens with zero attached hydrogens (tertiary/aromatic N) is 1. The fourth-order valence-electron chi connectivity index (χ4n) is 2.87. The van der Waals surface area contributed by atoms with E-state index >= 15 is 0 Å². The van der Waals surface area contributed by atoms with Gasteiger partial charge in [0.05, 0.1) is 6.61 Å². The van der Waals surface area contributed by atoms with Crippen LogP contribution in [0.25, 0.3) is 0 Å². The molecule has 0 spiro atoms. The molecule has 0 aromatic heterocycles. The number of para-hydroxylation sites is 2. The van der Waals surface area contributed by atoms with Crippen molar-refractivity contribution in [1.82, 2.24) is 0 Å². The second kappa shape index (κ2) is 4.71. The first kappa shape index (κ1) is 12.2. The van der Waals surface area contributed by atoms with Gasteiger partial charge in [-0.2, -0.15) is 0 Å². The van der Waals surface area contributed by atoms with Crippen molar-refractivity contribution in [3.8, 4) is 0 Å². The highest BCUT2D eigenvalue weighted by molar-refractivity contribution is 5.69. The zero-order valence-electron chi connectivity index (χ0n) is 11.2. The number of rotatable bonds is 2. The molecule has 1 N–H and O–H groups in total. The van der Waals surface area contributed by atoms with Crippen LogP contribution in [0.5, 0.6) is 0 Å². The molecular formula is C17H19NO. The van der Waals surface area contributed by atoms with E-state index in [1.54, 1.807) is 0 Å². The molecule has 2 aromatic rings. The number of hydrogen-bond donors (Lipinski definition) is 1. The lowest BCUT2D eigenvalue weighted by Gasteiger charge is -2.41. The average molecular weight is 253 g/mol. The molecule has 0 amide bonds. The van der Waals surface area contributed by atoms with Crippen molar-refractivity contribution in [3.05, 3.63) is 60.2 Å². The van der Waals surface area contributed by atoms with Crippen LogP contribution in [0.4, 0.5) is 11.4 Å². The lowest BCUT2D eigenvalue weighted by Crippen LogP contribution is -2.38. The van der Waals surface area contributed by atoms with Crippen LogP contribution in [0, 0.1) is 0 Å². The molecule has 2 heteroatoms. The molecule has 0 saturated heterocycles. The third-order valence-corrected chi connectivity index (χ3v) is 4.15. The Bertz CT molecular complexity index is 566. The Hall–Kier alpha value is -1.80. The molecule has 0 fully saturated rings. The Morgan fingerprint density at radius 2 is 1.74 bits per heavy atom. The Morgan fingerprint density at radius 1 is 1.05 bits per heavy atom. The Balaban J connectivity index is 2.10. The summed E-state index contributed by atoms with van der Waals surface area (Å²) >= 11 is 0. The van der Waals surface area contributed by atoms with Gasteiger partial charge in [-0.1, -0.05) is 43.3 Å². The van der Waals surface area contributed by atoms with Crippen LogP contribution < -0.4 is 4.90 Å². The normalized spacial score (nSPS) is 22.1. The van der Waals surface area contributed by atoms with Crippen molar-refractivity contribution < 1.29 is 5.11 Å². The monoisotopic (exact) mass is 253 g/mol. The molecule has 98 valence electrons. The van der Waals surface area contributed by atoms with Gasteiger partial charge < -0.3 is 10.0 Å². The summed E-state index contributed by atoms with van der Waals surface area (Å²) in [5.41, 5.74) is 3.56. The SMILES string of the molecule is CC1(CO)CCN(c2ccccc2)c2ccccc21. The number of hydrogen-bond acceptors (Lipinski definition) is 2. The van der Waals surface area contributed by atoms with Crippen LogP contribution in [0.1, 0.15) is 18.9 Å². The van der Waals surface area contributed by atoms with Crippen molar-refractivity contribution in [2.24, 2.45) is 0 Å². The predicted molar refractivity (Wildman–Crippen MR) is 78.9 cm³/mol. The van der Waals surface area contributed by atoms with Gasteiger partial charge in [-0.15, -0.1) is 0 Å². The van der Waals surface area contributed by atoms with Gasteiger partial charge in [0.1, 0.15) is 0 Å². The smallest absolute Gasteiger partial charge is 0.0526 e. The molecule has 0 bridgehead atoms. The zero-order valence-corrected chi connectivity index (χ0v) is 11.2. The maximum absolute atomic E-state index is 9.74. The Kier molecular flexibility index (Phi) is 3.03. The number of benzene rings is 2. The molecule has 3 rings (SSSR count). The molecule has 1 heterocycles. The van der Waals surface area contributed by atoms with Gasteiger partial charge in [0.15, 0.2) is 0 Å². The maximum atomic E-state index is 9.74. The molecule has 0 radical (unpaired) electrons. The van der Waals surface area contributed by atoms with E-state index in [-0.39, 0.29) is 12.0 Å². The largest absolute Gasteiger partial charge is 0.395 e. The Morgan fingerprint density at radius 3 is 2.47 bits per heavy atom. The van der Waals surface area contributed by atoms with Gasteiger partial charge in [-0.05, 0) is 30.2 Å². The van der Waals surface area contributed by atoms with Crippen molar-refractivity contribution in [2.45, 2.75) is 18.8 Å². The lowest BCUT2D eigenvalue weighted by atomic mass is 9.76. The van der Waals surface area contributed by atoms with E-state index in [4.69, 9.17) is 0 Å². The summed E-state index contributed by atoms with van der Waals surface area (Å²) in [6.45, 7) is 3.29. The van der Waals surface area contributed by atoms with Crippen molar-refractivity contribution >= 4 is 11.4 Å². The van der Waals surface area contributed by atoms with Crippen LogP contribution in [0.3, 0.4) is 0 Å². The molecule has 1 aliphatic rings. The van der Waals surface area contributed by atoms with Crippen LogP contribution in [0.15, 0.2) is 54.6 Å². The summed E-state index contributed by atoms with van der Waals surface area (Å²) in [4.78, 5) is 2.34. The third kappa shape index (κ3) is 2.02. The van der Waals surface area contributed by atoms with E-state index in [0.717, 1.165) is 13.0 Å². The minimum Gasteiger partial charge on any atom is -0.395 e. The first-order valence-electron chi connectivity index (χ1n) is 6.77. The molecule has 0 aliphatic carbocycles. The third-order valence-electron chi connectivity index (χ3n) is 4.15. The van der Waals surface area contributed by atoms with Crippen molar-refractivity contribution in [3.63, 3.8) is 0 Å². The van der Waals surface area contributed by atoms with Crippen LogP contribution >= 0.6 is 0 Å². The van der Waals surface area contributed by atoms with Crippen LogP contribution in [-0.2, 0) is 5.41 Å². The number of fused-ring (bicyclic) bond motifs is 1. The summed E-state index contributed by atoms with van der Waals surface area (Å²) < 4.78 is 0. The highest BCUT2D eigenvalue weighted by Crippen LogP contribution is 2.42. The Labute approximate surface area is 114 Å². The predicted octanol–water partition coefficient (Wildman–Crippen LogP) is 3.48. The van der Waals surface area contributed by atoms with E-state index in [2.05, 4.69) is 60.4 Å². The molecule has 2 aromatic carbocycles. The van der Waals surface area contributed by atoms with Gasteiger partial charge in [0.2, 0.25) is 0 Å². The second-order valence-electron chi connectivity index (χ2n) is 5.47. The quantitative estimate of drug-likeness (QED) is 0.885. The van der Waals surface area contributed by atoms with E-state index in [1.165, 1.54) is 16.9 Å². The van der Waals surface area contributed by atoms with Gasteiger partial charge in [0.25, 0.3) is 0 Å². The van der Waals surface area contributed by atoms with Gasteiger partial charge >= 0.3 is 0 Å². The van der Waals surface area contributed by atoms with Gasteiger partial charge in [-0.3, -0.25) is 0 Å². The second-order valence-corrected chi connectivity index (χ2v) is 5.47. The summed E-state index contributed by atoms with van der Waals surface area (Å²) in [5, 5.41) is 9.74. The van der Waals surface area contributed by atoms with Gasteiger partial charge in [-0.25, -0.2) is 0 Å². The fraction of sp³-hybridized carbons (Fsp3) is 0.294. The molecule has 1 aliphatic heterocycles. The van der Waals surface area contributed by atoms with E-state index in [1.807, 2.05) is 6.07 Å². The topological polar surface area (TPSA) is 23.5 Å². The van der Waals surface area contributed by atoms with Crippen LogP contribution in [-0.4, -0.2) is 18.3 Å². The number of aliphatic hydroxyl groups is 1. The van der Waals surface area contributed by atoms with E-state index in [9.17, 15) is 5.11 Å². The molecule has 1 atom stereocenters. The molecule has 0 saturated carbocycles. The first-order valence-corrected chi connectivity index (χ1v) is 6.77. The molecule has 2 nitrogen and oxygen atoms in total. The summed E-state index contributed by atoms with van der Waals surface area (Å²) in [5.74, 6) is 0. The maximum Gasteiger partial charge on any atom is 0.0526 e. The zero-order chi connectivity index (χ0) is 13.3. The standard InChI is InChI=1S/C17H19NO/c1-17(13-19)11-12-18(14-7-3-2-4-8-14)16-10-6-5-9-15(16)17/h2-10,19H,11-13H2,1H3. The average Bonchev–Trinajstić information content (AvgIpc) is 2.49. The van der Waals surface area contributed by atoms with E-state index in [0.29, 0.717) is 0 Å². The van der Waals surface area contributed by atoms with Crippen molar-refractivity contribution in [1.29, 1.82) is 0 Å². The highest BCUT2D eigenvalue weighted by Gasteiger charge is 2.34. The molecule has 1 unspecified atom stereocenters. The number of aliphatic hydroxyl groups excluding tert-OH is 1. The summed E-state index contributed by atoms with van der Waals surface area (Å²) in [6, 6.07) is 18.9. The van der Waals surface area contributed by atoms with Gasteiger partial charge in [0, 0.05) is 23.3 Å². The highest BCUT2D eigenvalue weighted by atomic mass is 16.3. The number of anilines is 2. The summed E-state index contributed by atoms with van der Waals surface area (Å²) in [7, 11) is 0. The lowest BCUT2D eigenvalue weighted by molar-refractivity contribution is 0.195.